The number of carbonyl (C=O) groups excluding carboxylic acids is 3. The summed E-state index contributed by atoms with van der Waals surface area (Å²) >= 11 is 0. The summed E-state index contributed by atoms with van der Waals surface area (Å²) in [7, 11) is 0. The number of carboxylic acid groups (broad SMARTS) is 1. The Hall–Kier alpha value is -3.61. The third-order valence-corrected chi connectivity index (χ3v) is 5.51. The second kappa shape index (κ2) is 11.4. The van der Waals surface area contributed by atoms with Crippen LogP contribution in [0.2, 0.25) is 0 Å². The first kappa shape index (κ1) is 28.6. The summed E-state index contributed by atoms with van der Waals surface area (Å²) < 4.78 is 37.7. The summed E-state index contributed by atoms with van der Waals surface area (Å²) in [5.41, 5.74) is 6.89. The number of carboxylic acids is 1. The van der Waals surface area contributed by atoms with E-state index < -0.39 is 41.6 Å². The van der Waals surface area contributed by atoms with Gasteiger partial charge in [-0.3, -0.25) is 14.4 Å². The van der Waals surface area contributed by atoms with Gasteiger partial charge < -0.3 is 31.5 Å². The van der Waals surface area contributed by atoms with Crippen LogP contribution in [0.25, 0.3) is 6.08 Å². The van der Waals surface area contributed by atoms with Crippen LogP contribution < -0.4 is 26.4 Å². The molecule has 3 amide bonds. The second-order valence-electron chi connectivity index (χ2n) is 8.76. The van der Waals surface area contributed by atoms with Crippen molar-refractivity contribution in [1.82, 2.24) is 16.0 Å². The maximum Gasteiger partial charge on any atom is 0.490 e. The topological polar surface area (TPSA) is 160 Å². The number of ether oxygens (including phenoxy) is 1. The molecule has 0 fully saturated rings. The molecule has 1 unspecified atom stereocenters. The highest BCUT2D eigenvalue weighted by atomic mass is 19.4. The number of alkyl halides is 3. The van der Waals surface area contributed by atoms with Crippen molar-refractivity contribution in [3.05, 3.63) is 35.4 Å². The van der Waals surface area contributed by atoms with Crippen LogP contribution in [-0.4, -0.2) is 65.7 Å². The molecule has 2 bridgehead atoms. The minimum Gasteiger partial charge on any atom is -0.493 e. The van der Waals surface area contributed by atoms with Gasteiger partial charge in [-0.25, -0.2) is 4.79 Å². The maximum absolute atomic E-state index is 12.9. The molecule has 10 nitrogen and oxygen atoms in total. The zero-order chi connectivity index (χ0) is 27.3. The van der Waals surface area contributed by atoms with Gasteiger partial charge in [-0.15, -0.1) is 0 Å². The first-order valence-electron chi connectivity index (χ1n) is 11.1. The van der Waals surface area contributed by atoms with Gasteiger partial charge in [0.15, 0.2) is 0 Å². The quantitative estimate of drug-likeness (QED) is 0.341. The standard InChI is InChI=1S/C21H28N4O4.C2HF3O2/c1-12-10-23-18(26)13(2)24-19(27)14(3)25-20(28)21(22)8-7-15-5-4-6-17(29-11-12)16(15)9-21;3-2(4,5)1(6)7/h4-8,12-14H,9-11,22H2,1-3H3,(H,23,26)(H,24,27)(H,25,28);(H,6,7)/t12-,13-,14-,21?;/m0./s1. The molecule has 4 atom stereocenters. The average molecular weight is 515 g/mol. The van der Waals surface area contributed by atoms with E-state index in [4.69, 9.17) is 20.4 Å². The zero-order valence-corrected chi connectivity index (χ0v) is 19.9. The van der Waals surface area contributed by atoms with Crippen molar-refractivity contribution >= 4 is 29.8 Å². The number of halogens is 3. The van der Waals surface area contributed by atoms with Gasteiger partial charge in [0.25, 0.3) is 0 Å². The molecule has 13 heteroatoms. The van der Waals surface area contributed by atoms with E-state index in [0.717, 1.165) is 11.1 Å². The molecular formula is C23H29F3N4O6. The second-order valence-corrected chi connectivity index (χ2v) is 8.76. The van der Waals surface area contributed by atoms with Gasteiger partial charge in [0, 0.05) is 24.4 Å². The summed E-state index contributed by atoms with van der Waals surface area (Å²) in [5.74, 6) is -3.25. The Morgan fingerprint density at radius 1 is 1.11 bits per heavy atom. The van der Waals surface area contributed by atoms with E-state index in [0.29, 0.717) is 18.9 Å². The van der Waals surface area contributed by atoms with Crippen molar-refractivity contribution < 1.29 is 42.2 Å². The lowest BCUT2D eigenvalue weighted by molar-refractivity contribution is -0.192. The van der Waals surface area contributed by atoms with E-state index in [1.807, 2.05) is 31.2 Å². The largest absolute Gasteiger partial charge is 0.493 e. The SMILES string of the molecule is C[C@H]1CNC(=O)[C@H](C)NC(=O)[C@H](C)NC(=O)C2(N)C=Cc3cccc(c3C2)OC1.O=C(O)C(F)(F)F. The zero-order valence-electron chi connectivity index (χ0n) is 19.9. The Morgan fingerprint density at radius 3 is 2.33 bits per heavy atom. The molecule has 36 heavy (non-hydrogen) atoms. The molecule has 198 valence electrons. The van der Waals surface area contributed by atoms with Crippen LogP contribution >= 0.6 is 0 Å². The Morgan fingerprint density at radius 2 is 1.72 bits per heavy atom. The van der Waals surface area contributed by atoms with Crippen LogP contribution in [-0.2, 0) is 25.6 Å². The first-order chi connectivity index (χ1) is 16.6. The summed E-state index contributed by atoms with van der Waals surface area (Å²) in [6, 6.07) is 4.11. The lowest BCUT2D eigenvalue weighted by Crippen LogP contribution is -2.59. The van der Waals surface area contributed by atoms with Crippen LogP contribution in [0.15, 0.2) is 24.3 Å². The first-order valence-corrected chi connectivity index (χ1v) is 11.1. The number of carbonyl (C=O) groups is 4. The van der Waals surface area contributed by atoms with Gasteiger partial charge in [0.05, 0.1) is 6.61 Å². The molecule has 2 aliphatic rings. The van der Waals surface area contributed by atoms with Crippen LogP contribution in [0.4, 0.5) is 13.2 Å². The lowest BCUT2D eigenvalue weighted by Gasteiger charge is -2.31. The van der Waals surface area contributed by atoms with Crippen molar-refractivity contribution in [3.8, 4) is 5.75 Å². The fraction of sp³-hybridized carbons (Fsp3) is 0.478. The van der Waals surface area contributed by atoms with E-state index in [1.165, 1.54) is 0 Å². The van der Waals surface area contributed by atoms with Gasteiger partial charge in [-0.1, -0.05) is 31.2 Å². The smallest absolute Gasteiger partial charge is 0.490 e. The minimum absolute atomic E-state index is 0.0506. The van der Waals surface area contributed by atoms with Gasteiger partial charge in [-0.05, 0) is 25.5 Å². The number of fused-ring (bicyclic) bond motifs is 1. The fourth-order valence-electron chi connectivity index (χ4n) is 3.33. The summed E-state index contributed by atoms with van der Waals surface area (Å²) in [5, 5.41) is 15.2. The normalized spacial score (nSPS) is 26.9. The Labute approximate surface area is 205 Å². The fourth-order valence-corrected chi connectivity index (χ4v) is 3.33. The number of amides is 3. The average Bonchev–Trinajstić information content (AvgIpc) is 2.80. The molecule has 0 saturated heterocycles. The molecule has 0 radical (unpaired) electrons. The van der Waals surface area contributed by atoms with Crippen molar-refractivity contribution in [2.45, 2.75) is 51.0 Å². The number of aliphatic carboxylic acids is 1. The van der Waals surface area contributed by atoms with E-state index >= 15 is 0 Å². The Balaban J connectivity index is 0.000000572. The van der Waals surface area contributed by atoms with Crippen molar-refractivity contribution in [1.29, 1.82) is 0 Å². The van der Waals surface area contributed by atoms with Crippen molar-refractivity contribution in [2.75, 3.05) is 13.2 Å². The monoisotopic (exact) mass is 514 g/mol. The highest BCUT2D eigenvalue weighted by Crippen LogP contribution is 2.32. The third-order valence-electron chi connectivity index (χ3n) is 5.51. The minimum atomic E-state index is -5.08. The highest BCUT2D eigenvalue weighted by Gasteiger charge is 2.38. The summed E-state index contributed by atoms with van der Waals surface area (Å²) in [6.07, 6.45) is -1.36. The Kier molecular flexibility index (Phi) is 9.08. The highest BCUT2D eigenvalue weighted by molar-refractivity contribution is 5.96. The van der Waals surface area contributed by atoms with Crippen LogP contribution in [0.1, 0.15) is 31.9 Å². The molecular weight excluding hydrogens is 485 g/mol. The van der Waals surface area contributed by atoms with Gasteiger partial charge >= 0.3 is 12.1 Å². The maximum atomic E-state index is 12.9. The molecule has 0 aromatic heterocycles. The molecule has 0 saturated carbocycles. The predicted molar refractivity (Wildman–Crippen MR) is 123 cm³/mol. The van der Waals surface area contributed by atoms with Crippen molar-refractivity contribution in [3.63, 3.8) is 0 Å². The molecule has 1 aliphatic heterocycles. The molecule has 6 N–H and O–H groups in total. The summed E-state index contributed by atoms with van der Waals surface area (Å²) in [6.45, 7) is 5.92. The number of nitrogens with two attached hydrogens (primary N) is 1. The molecule has 1 aliphatic carbocycles. The van der Waals surface area contributed by atoms with Gasteiger partial charge in [-0.2, -0.15) is 13.2 Å². The van der Waals surface area contributed by atoms with Crippen LogP contribution in [0, 0.1) is 5.92 Å². The number of rotatable bonds is 0. The van der Waals surface area contributed by atoms with Crippen molar-refractivity contribution in [2.24, 2.45) is 11.7 Å². The van der Waals surface area contributed by atoms with Crippen LogP contribution in [0.3, 0.4) is 0 Å². The third kappa shape index (κ3) is 7.44. The Bertz CT molecular complexity index is 1050. The molecule has 3 rings (SSSR count). The van der Waals surface area contributed by atoms with Crippen LogP contribution in [0.5, 0.6) is 5.75 Å². The number of hydrogen-bond acceptors (Lipinski definition) is 6. The van der Waals surface area contributed by atoms with Gasteiger partial charge in [0.1, 0.15) is 23.4 Å². The molecule has 1 heterocycles. The molecule has 0 spiro atoms. The molecule has 1 aromatic carbocycles. The number of nitrogens with one attached hydrogen (secondary N) is 3. The number of benzene rings is 1. The van der Waals surface area contributed by atoms with Gasteiger partial charge in [0.2, 0.25) is 17.7 Å². The van der Waals surface area contributed by atoms with E-state index in [-0.39, 0.29) is 18.2 Å². The van der Waals surface area contributed by atoms with E-state index in [9.17, 15) is 27.6 Å². The molecule has 1 aromatic rings. The van der Waals surface area contributed by atoms with E-state index in [2.05, 4.69) is 16.0 Å². The summed E-state index contributed by atoms with van der Waals surface area (Å²) in [4.78, 5) is 46.4. The van der Waals surface area contributed by atoms with E-state index in [1.54, 1.807) is 19.9 Å². The number of hydrogen-bond donors (Lipinski definition) is 5. The predicted octanol–water partition coefficient (Wildman–Crippen LogP) is 0.741. The lowest BCUT2D eigenvalue weighted by atomic mass is 9.82.